The molecule has 0 bridgehead atoms. The van der Waals surface area contributed by atoms with Crippen LogP contribution in [-0.2, 0) is 18.4 Å². The molecule has 0 radical (unpaired) electrons. The number of aliphatic hydroxyl groups is 1. The summed E-state index contributed by atoms with van der Waals surface area (Å²) in [7, 11) is 1.31. The minimum Gasteiger partial charge on any atom is -0.756 e. The van der Waals surface area contributed by atoms with Gasteiger partial charge >= 0.3 is 0 Å². The van der Waals surface area contributed by atoms with Crippen LogP contribution in [0, 0.1) is 0 Å². The number of likely N-dealkylation sites (N-methyl/N-ethyl adjacent to an activating group) is 1. The maximum atomic E-state index is 13.0. The van der Waals surface area contributed by atoms with E-state index in [1.165, 1.54) is 193 Å². The van der Waals surface area contributed by atoms with E-state index in [1.54, 1.807) is 0 Å². The second kappa shape index (κ2) is 57.6. The number of hydrogen-bond acceptors (Lipinski definition) is 6. The average molecular weight is 1090 g/mol. The third kappa shape index (κ3) is 59.6. The third-order valence-electron chi connectivity index (χ3n) is 14.5. The lowest BCUT2D eigenvalue weighted by Gasteiger charge is -2.30. The first-order valence-corrected chi connectivity index (χ1v) is 33.7. The highest BCUT2D eigenvalue weighted by Crippen LogP contribution is 2.38. The van der Waals surface area contributed by atoms with Crippen LogP contribution >= 0.6 is 7.82 Å². The van der Waals surface area contributed by atoms with Crippen molar-refractivity contribution in [1.29, 1.82) is 0 Å². The second-order valence-corrected chi connectivity index (χ2v) is 24.5. The van der Waals surface area contributed by atoms with Crippen LogP contribution in [0.1, 0.15) is 296 Å². The Labute approximate surface area is 472 Å². The number of carbonyl (C=O) groups is 1. The number of nitrogens with one attached hydrogen (secondary N) is 1. The van der Waals surface area contributed by atoms with Crippen LogP contribution in [0.15, 0.2) is 72.9 Å². The van der Waals surface area contributed by atoms with Crippen LogP contribution in [-0.4, -0.2) is 68.5 Å². The maximum absolute atomic E-state index is 13.0. The Balaban J connectivity index is 3.93. The molecule has 3 unspecified atom stereocenters. The summed E-state index contributed by atoms with van der Waals surface area (Å²) in [5, 5.41) is 14.0. The minimum atomic E-state index is -4.57. The molecule has 0 aliphatic rings. The zero-order chi connectivity index (χ0) is 55.6. The van der Waals surface area contributed by atoms with Crippen LogP contribution in [0.2, 0.25) is 0 Å². The summed E-state index contributed by atoms with van der Waals surface area (Å²) in [6.07, 6.45) is 79.6. The zero-order valence-electron chi connectivity index (χ0n) is 50.7. The quantitative estimate of drug-likeness (QED) is 0.0272. The highest BCUT2D eigenvalue weighted by Gasteiger charge is 2.24. The van der Waals surface area contributed by atoms with Gasteiger partial charge in [0.2, 0.25) is 5.91 Å². The first-order valence-electron chi connectivity index (χ1n) is 32.3. The molecule has 76 heavy (non-hydrogen) atoms. The molecule has 0 spiro atoms. The lowest BCUT2D eigenvalue weighted by molar-refractivity contribution is -0.870. The van der Waals surface area contributed by atoms with E-state index in [0.717, 1.165) is 77.0 Å². The number of nitrogens with zero attached hydrogens (tertiary/aromatic N) is 1. The Hall–Kier alpha value is -2.06. The minimum absolute atomic E-state index is 0.0125. The number of quaternary nitrogens is 1. The van der Waals surface area contributed by atoms with Crippen molar-refractivity contribution in [2.45, 2.75) is 309 Å². The van der Waals surface area contributed by atoms with Crippen molar-refractivity contribution in [3.8, 4) is 0 Å². The molecule has 8 nitrogen and oxygen atoms in total. The molecule has 0 aromatic heterocycles. The summed E-state index contributed by atoms with van der Waals surface area (Å²) >= 11 is 0. The van der Waals surface area contributed by atoms with Gasteiger partial charge in [-0.25, -0.2) is 0 Å². The highest BCUT2D eigenvalue weighted by atomic mass is 31.2. The second-order valence-electron chi connectivity index (χ2n) is 23.1. The van der Waals surface area contributed by atoms with E-state index in [4.69, 9.17) is 9.05 Å². The Morgan fingerprint density at radius 1 is 0.474 bits per heavy atom. The number of carbonyl (C=O) groups excluding carboxylic acids is 1. The van der Waals surface area contributed by atoms with Crippen molar-refractivity contribution in [1.82, 2.24) is 5.32 Å². The van der Waals surface area contributed by atoms with Gasteiger partial charge in [0.15, 0.2) is 0 Å². The predicted octanol–water partition coefficient (Wildman–Crippen LogP) is 19.6. The molecule has 0 heterocycles. The highest BCUT2D eigenvalue weighted by molar-refractivity contribution is 7.45. The van der Waals surface area contributed by atoms with Gasteiger partial charge < -0.3 is 28.8 Å². The van der Waals surface area contributed by atoms with Crippen molar-refractivity contribution >= 4 is 13.7 Å². The smallest absolute Gasteiger partial charge is 0.268 e. The van der Waals surface area contributed by atoms with Crippen molar-refractivity contribution in [3.63, 3.8) is 0 Å². The summed E-state index contributed by atoms with van der Waals surface area (Å²) in [5.41, 5.74) is 0. The van der Waals surface area contributed by atoms with Gasteiger partial charge in [0.05, 0.1) is 39.9 Å². The molecular formula is C67H125N2O6P. The van der Waals surface area contributed by atoms with Crippen LogP contribution in [0.4, 0.5) is 0 Å². The molecule has 2 N–H and O–H groups in total. The summed E-state index contributed by atoms with van der Waals surface area (Å²) in [6, 6.07) is -0.801. The van der Waals surface area contributed by atoms with Crippen LogP contribution in [0.5, 0.6) is 0 Å². The molecule has 1 amide bonds. The first-order chi connectivity index (χ1) is 37.0. The van der Waals surface area contributed by atoms with Gasteiger partial charge in [0, 0.05) is 6.42 Å². The standard InChI is InChI=1S/C67H125N2O6P/c1-6-8-10-12-14-16-18-20-22-23-24-25-26-27-28-29-30-31-32-33-34-35-36-37-38-39-40-41-42-43-44-45-47-49-51-53-55-57-59-61-67(71)68-65(64-75-76(72,73)74-63-62-69(3,4)5)66(70)60-58-56-54-52-50-48-46-21-19-17-15-13-11-9-7-2/h8,10,14,16,20,22,24-25,27-28,30-31,65-66,70H,6-7,9,11-13,15,17-19,21,23,26,29,32-64H2,1-5H3,(H-,68,71,72,73)/b10-8-,16-14-,22-20-,25-24-,28-27-,31-30-. The summed E-state index contributed by atoms with van der Waals surface area (Å²) < 4.78 is 23.4. The fourth-order valence-corrected chi connectivity index (χ4v) is 10.2. The fourth-order valence-electron chi connectivity index (χ4n) is 9.46. The Morgan fingerprint density at radius 3 is 1.17 bits per heavy atom. The number of aliphatic hydroxyl groups excluding tert-OH is 1. The molecule has 0 aromatic rings. The zero-order valence-corrected chi connectivity index (χ0v) is 51.6. The molecule has 0 fully saturated rings. The van der Waals surface area contributed by atoms with Gasteiger partial charge in [-0.1, -0.05) is 299 Å². The van der Waals surface area contributed by atoms with Gasteiger partial charge in [-0.15, -0.1) is 0 Å². The molecule has 444 valence electrons. The number of unbranched alkanes of at least 4 members (excludes halogenated alkanes) is 34. The van der Waals surface area contributed by atoms with Gasteiger partial charge in [-0.05, 0) is 64.2 Å². The average Bonchev–Trinajstić information content (AvgIpc) is 3.38. The maximum Gasteiger partial charge on any atom is 0.268 e. The lowest BCUT2D eigenvalue weighted by atomic mass is 10.0. The van der Waals surface area contributed by atoms with Crippen molar-refractivity contribution < 1.29 is 32.9 Å². The van der Waals surface area contributed by atoms with E-state index in [-0.39, 0.29) is 19.1 Å². The number of hydrogen-bond donors (Lipinski definition) is 2. The molecule has 3 atom stereocenters. The van der Waals surface area contributed by atoms with Crippen LogP contribution in [0.3, 0.4) is 0 Å². The number of rotatable bonds is 59. The molecule has 0 saturated heterocycles. The topological polar surface area (TPSA) is 108 Å². The van der Waals surface area contributed by atoms with Gasteiger partial charge in [0.25, 0.3) is 7.82 Å². The monoisotopic (exact) mass is 1080 g/mol. The molecule has 0 rings (SSSR count). The first kappa shape index (κ1) is 73.9. The Morgan fingerprint density at radius 2 is 0.803 bits per heavy atom. The summed E-state index contributed by atoms with van der Waals surface area (Å²) in [5.74, 6) is -0.162. The summed E-state index contributed by atoms with van der Waals surface area (Å²) in [6.45, 7) is 4.63. The Kier molecular flexibility index (Phi) is 56.1. The molecule has 0 aliphatic carbocycles. The predicted molar refractivity (Wildman–Crippen MR) is 330 cm³/mol. The van der Waals surface area contributed by atoms with E-state index in [0.29, 0.717) is 23.9 Å². The van der Waals surface area contributed by atoms with E-state index < -0.39 is 20.0 Å². The largest absolute Gasteiger partial charge is 0.756 e. The van der Waals surface area contributed by atoms with Gasteiger partial charge in [-0.2, -0.15) is 0 Å². The van der Waals surface area contributed by atoms with Gasteiger partial charge in [0.1, 0.15) is 13.2 Å². The van der Waals surface area contributed by atoms with E-state index >= 15 is 0 Å². The molecule has 0 saturated carbocycles. The number of phosphoric ester groups is 1. The molecule has 0 aliphatic heterocycles. The summed E-state index contributed by atoms with van der Waals surface area (Å²) in [4.78, 5) is 25.6. The van der Waals surface area contributed by atoms with E-state index in [2.05, 4.69) is 92.1 Å². The molecular weight excluding hydrogens is 960 g/mol. The fraction of sp³-hybridized carbons (Fsp3) is 0.806. The Bertz CT molecular complexity index is 1470. The van der Waals surface area contributed by atoms with Crippen LogP contribution < -0.4 is 10.2 Å². The normalized spacial score (nSPS) is 14.2. The van der Waals surface area contributed by atoms with E-state index in [9.17, 15) is 19.4 Å². The number of amides is 1. The van der Waals surface area contributed by atoms with Crippen molar-refractivity contribution in [3.05, 3.63) is 72.9 Å². The number of phosphoric acid groups is 1. The SMILES string of the molecule is CC/C=C\C/C=C\C/C=C\C/C=C\C/C=C\C/C=C\CCCCCCCCCCCCCCCCCCCCCCC(=O)NC(COP(=O)([O-])OCC[N+](C)(C)C)C(O)CCCCCCCCCCCCCCCCC. The molecule has 0 aromatic carbocycles. The lowest BCUT2D eigenvalue weighted by Crippen LogP contribution is -2.46. The third-order valence-corrected chi connectivity index (χ3v) is 15.4. The van der Waals surface area contributed by atoms with E-state index in [1.807, 2.05) is 21.1 Å². The van der Waals surface area contributed by atoms with Crippen molar-refractivity contribution in [2.75, 3.05) is 40.9 Å². The number of allylic oxidation sites excluding steroid dienone is 12. The van der Waals surface area contributed by atoms with Crippen molar-refractivity contribution in [2.24, 2.45) is 0 Å². The van der Waals surface area contributed by atoms with Crippen LogP contribution in [0.25, 0.3) is 0 Å². The molecule has 9 heteroatoms. The van der Waals surface area contributed by atoms with Gasteiger partial charge in [-0.3, -0.25) is 9.36 Å².